The number of rotatable bonds is 10. The summed E-state index contributed by atoms with van der Waals surface area (Å²) < 4.78 is 16.1. The quantitative estimate of drug-likeness (QED) is 0.593. The number of esters is 1. The minimum atomic E-state index is -1.06. The Morgan fingerprint density at radius 2 is 1.62 bits per heavy atom. The summed E-state index contributed by atoms with van der Waals surface area (Å²) in [5.74, 6) is 0.557. The summed E-state index contributed by atoms with van der Waals surface area (Å²) in [4.78, 5) is 23.8. The van der Waals surface area contributed by atoms with E-state index in [1.807, 2.05) is 12.1 Å². The lowest BCUT2D eigenvalue weighted by Gasteiger charge is -2.24. The number of ether oxygens (including phenoxy) is 3. The van der Waals surface area contributed by atoms with Gasteiger partial charge in [-0.25, -0.2) is 4.79 Å². The van der Waals surface area contributed by atoms with Crippen molar-refractivity contribution < 1.29 is 23.8 Å². The van der Waals surface area contributed by atoms with Crippen LogP contribution in [0.5, 0.6) is 11.5 Å². The topological polar surface area (TPSA) is 73.9 Å². The maximum atomic E-state index is 11.9. The van der Waals surface area contributed by atoms with Crippen molar-refractivity contribution in [2.24, 2.45) is 0 Å². The molecule has 0 unspecified atom stereocenters. The van der Waals surface area contributed by atoms with Crippen molar-refractivity contribution in [3.05, 3.63) is 59.1 Å². The molecule has 29 heavy (non-hydrogen) atoms. The molecule has 0 aliphatic carbocycles. The third-order valence-electron chi connectivity index (χ3n) is 3.98. The van der Waals surface area contributed by atoms with Crippen LogP contribution >= 0.6 is 11.6 Å². The van der Waals surface area contributed by atoms with Gasteiger partial charge in [-0.05, 0) is 69.2 Å². The first-order valence-electron chi connectivity index (χ1n) is 9.40. The van der Waals surface area contributed by atoms with Crippen LogP contribution in [0.1, 0.15) is 26.3 Å². The molecule has 1 N–H and O–H groups in total. The fraction of sp³-hybridized carbons (Fsp3) is 0.364. The normalized spacial score (nSPS) is 10.9. The molecule has 0 saturated heterocycles. The second kappa shape index (κ2) is 10.7. The Morgan fingerprint density at radius 3 is 2.24 bits per heavy atom. The fourth-order valence-corrected chi connectivity index (χ4v) is 2.57. The summed E-state index contributed by atoms with van der Waals surface area (Å²) in [6.45, 7) is 5.82. The molecule has 0 bridgehead atoms. The molecule has 0 aromatic heterocycles. The van der Waals surface area contributed by atoms with Crippen molar-refractivity contribution in [3.63, 3.8) is 0 Å². The molecule has 6 nitrogen and oxygen atoms in total. The zero-order valence-corrected chi connectivity index (χ0v) is 17.6. The summed E-state index contributed by atoms with van der Waals surface area (Å²) in [7, 11) is 0. The van der Waals surface area contributed by atoms with Gasteiger partial charge in [-0.15, -0.1) is 0 Å². The second-order valence-corrected chi connectivity index (χ2v) is 7.26. The van der Waals surface area contributed by atoms with E-state index in [-0.39, 0.29) is 12.5 Å². The van der Waals surface area contributed by atoms with Crippen LogP contribution in [0.4, 0.5) is 0 Å². The van der Waals surface area contributed by atoms with Gasteiger partial charge in [0.1, 0.15) is 11.5 Å². The molecule has 0 fully saturated rings. The number of amides is 1. The molecular weight excluding hydrogens is 394 g/mol. The standard InChI is InChI=1S/C22H26ClNO5/c1-4-27-21(26)22(2,3)29-19-9-5-16(6-10-19)13-14-24-20(25)15-28-18-11-7-17(23)8-12-18/h5-12H,4,13-15H2,1-3H3,(H,24,25). The van der Waals surface area contributed by atoms with Crippen molar-refractivity contribution in [1.82, 2.24) is 5.32 Å². The highest BCUT2D eigenvalue weighted by Gasteiger charge is 2.31. The van der Waals surface area contributed by atoms with Gasteiger partial charge in [-0.1, -0.05) is 23.7 Å². The first-order valence-corrected chi connectivity index (χ1v) is 9.78. The van der Waals surface area contributed by atoms with E-state index in [0.29, 0.717) is 36.1 Å². The van der Waals surface area contributed by atoms with Gasteiger partial charge in [-0.3, -0.25) is 4.79 Å². The van der Waals surface area contributed by atoms with E-state index in [1.165, 1.54) is 0 Å². The lowest BCUT2D eigenvalue weighted by atomic mass is 10.1. The van der Waals surface area contributed by atoms with Crippen LogP contribution in [-0.2, 0) is 20.7 Å². The van der Waals surface area contributed by atoms with E-state index in [1.54, 1.807) is 57.2 Å². The maximum absolute atomic E-state index is 11.9. The Balaban J connectivity index is 1.73. The highest BCUT2D eigenvalue weighted by Crippen LogP contribution is 2.20. The van der Waals surface area contributed by atoms with Crippen LogP contribution in [0, 0.1) is 0 Å². The maximum Gasteiger partial charge on any atom is 0.349 e. The summed E-state index contributed by atoms with van der Waals surface area (Å²) in [5, 5.41) is 3.43. The second-order valence-electron chi connectivity index (χ2n) is 6.82. The van der Waals surface area contributed by atoms with Crippen LogP contribution in [-0.4, -0.2) is 37.2 Å². The molecule has 0 radical (unpaired) electrons. The summed E-state index contributed by atoms with van der Waals surface area (Å²) in [6.07, 6.45) is 0.661. The van der Waals surface area contributed by atoms with Crippen molar-refractivity contribution in [2.45, 2.75) is 32.8 Å². The third-order valence-corrected chi connectivity index (χ3v) is 4.23. The van der Waals surface area contributed by atoms with Gasteiger partial charge in [0.05, 0.1) is 6.61 Å². The zero-order chi connectivity index (χ0) is 21.3. The molecule has 156 valence electrons. The Bertz CT molecular complexity index is 803. The molecule has 2 aromatic carbocycles. The highest BCUT2D eigenvalue weighted by molar-refractivity contribution is 6.30. The molecule has 0 atom stereocenters. The predicted molar refractivity (Wildman–Crippen MR) is 111 cm³/mol. The van der Waals surface area contributed by atoms with Gasteiger partial charge in [0.15, 0.2) is 12.2 Å². The number of carbonyl (C=O) groups is 2. The molecule has 2 aromatic rings. The van der Waals surface area contributed by atoms with E-state index in [9.17, 15) is 9.59 Å². The van der Waals surface area contributed by atoms with Crippen LogP contribution in [0.2, 0.25) is 5.02 Å². The van der Waals surface area contributed by atoms with E-state index >= 15 is 0 Å². The van der Waals surface area contributed by atoms with Gasteiger partial charge in [0, 0.05) is 11.6 Å². The van der Waals surface area contributed by atoms with Crippen molar-refractivity contribution in [1.29, 1.82) is 0 Å². The molecule has 0 spiro atoms. The Labute approximate surface area is 176 Å². The average Bonchev–Trinajstić information content (AvgIpc) is 2.69. The molecular formula is C22H26ClNO5. The predicted octanol–water partition coefficient (Wildman–Crippen LogP) is 3.80. The molecule has 7 heteroatoms. The molecule has 0 saturated carbocycles. The van der Waals surface area contributed by atoms with Crippen LogP contribution < -0.4 is 14.8 Å². The van der Waals surface area contributed by atoms with Crippen molar-refractivity contribution in [3.8, 4) is 11.5 Å². The largest absolute Gasteiger partial charge is 0.484 e. The number of hydrogen-bond donors (Lipinski definition) is 1. The number of halogens is 1. The summed E-state index contributed by atoms with van der Waals surface area (Å²) >= 11 is 5.81. The van der Waals surface area contributed by atoms with Crippen LogP contribution in [0.25, 0.3) is 0 Å². The Hall–Kier alpha value is -2.73. The molecule has 0 aliphatic heterocycles. The molecule has 0 heterocycles. The fourth-order valence-electron chi connectivity index (χ4n) is 2.44. The molecule has 0 aliphatic rings. The number of benzene rings is 2. The first-order chi connectivity index (χ1) is 13.8. The SMILES string of the molecule is CCOC(=O)C(C)(C)Oc1ccc(CCNC(=O)COc2ccc(Cl)cc2)cc1. The number of nitrogens with one attached hydrogen (secondary N) is 1. The van der Waals surface area contributed by atoms with E-state index in [0.717, 1.165) is 5.56 Å². The van der Waals surface area contributed by atoms with Gasteiger partial charge >= 0.3 is 5.97 Å². The Morgan fingerprint density at radius 1 is 1.00 bits per heavy atom. The monoisotopic (exact) mass is 419 g/mol. The van der Waals surface area contributed by atoms with Gasteiger partial charge in [-0.2, -0.15) is 0 Å². The summed E-state index contributed by atoms with van der Waals surface area (Å²) in [6, 6.07) is 14.2. The number of carbonyl (C=O) groups excluding carboxylic acids is 2. The van der Waals surface area contributed by atoms with Crippen molar-refractivity contribution >= 4 is 23.5 Å². The minimum absolute atomic E-state index is 0.0582. The highest BCUT2D eigenvalue weighted by atomic mass is 35.5. The lowest BCUT2D eigenvalue weighted by molar-refractivity contribution is -0.158. The van der Waals surface area contributed by atoms with E-state index in [2.05, 4.69) is 5.32 Å². The molecule has 1 amide bonds. The first kappa shape index (κ1) is 22.6. The smallest absolute Gasteiger partial charge is 0.349 e. The van der Waals surface area contributed by atoms with Gasteiger partial charge in [0.25, 0.3) is 5.91 Å². The lowest BCUT2D eigenvalue weighted by Crippen LogP contribution is -2.39. The van der Waals surface area contributed by atoms with Gasteiger partial charge < -0.3 is 19.5 Å². The number of hydrogen-bond acceptors (Lipinski definition) is 5. The Kier molecular flexibility index (Phi) is 8.34. The van der Waals surface area contributed by atoms with E-state index in [4.69, 9.17) is 25.8 Å². The zero-order valence-electron chi connectivity index (χ0n) is 16.9. The average molecular weight is 420 g/mol. The molecule has 2 rings (SSSR count). The third kappa shape index (κ3) is 7.66. The van der Waals surface area contributed by atoms with Crippen LogP contribution in [0.3, 0.4) is 0 Å². The van der Waals surface area contributed by atoms with Gasteiger partial charge in [0.2, 0.25) is 0 Å². The minimum Gasteiger partial charge on any atom is -0.484 e. The van der Waals surface area contributed by atoms with E-state index < -0.39 is 11.6 Å². The summed E-state index contributed by atoms with van der Waals surface area (Å²) in [5.41, 5.74) is -0.0273. The van der Waals surface area contributed by atoms with Crippen molar-refractivity contribution in [2.75, 3.05) is 19.8 Å². The van der Waals surface area contributed by atoms with Crippen LogP contribution in [0.15, 0.2) is 48.5 Å².